The molecule has 0 aliphatic heterocycles. The van der Waals surface area contributed by atoms with Crippen molar-refractivity contribution in [3.8, 4) is 5.75 Å². The van der Waals surface area contributed by atoms with Gasteiger partial charge in [-0.25, -0.2) is 0 Å². The maximum Gasteiger partial charge on any atom is 0.119 e. The predicted molar refractivity (Wildman–Crippen MR) is 78.6 cm³/mol. The molecule has 0 aromatic heterocycles. The van der Waals surface area contributed by atoms with Gasteiger partial charge in [-0.2, -0.15) is 0 Å². The van der Waals surface area contributed by atoms with Crippen LogP contribution >= 0.6 is 11.6 Å². The maximum atomic E-state index is 5.80. The van der Waals surface area contributed by atoms with Crippen LogP contribution in [0.2, 0.25) is 5.02 Å². The van der Waals surface area contributed by atoms with Crippen LogP contribution in [-0.2, 0) is 0 Å². The first kappa shape index (κ1) is 15.3. The van der Waals surface area contributed by atoms with E-state index in [9.17, 15) is 0 Å². The predicted octanol–water partition coefficient (Wildman–Crippen LogP) is 4.28. The topological polar surface area (TPSA) is 21.3 Å². The normalized spacial score (nSPS) is 10.6. The molecule has 102 valence electrons. The molecule has 1 aromatic carbocycles. The molecule has 0 radical (unpaired) electrons. The van der Waals surface area contributed by atoms with E-state index in [2.05, 4.69) is 12.2 Å². The molecule has 0 saturated heterocycles. The minimum Gasteiger partial charge on any atom is -0.494 e. The van der Waals surface area contributed by atoms with Gasteiger partial charge in [-0.3, -0.25) is 0 Å². The molecule has 0 heterocycles. The van der Waals surface area contributed by atoms with Crippen LogP contribution in [-0.4, -0.2) is 19.7 Å². The Balaban J connectivity index is 1.91. The molecule has 3 heteroatoms. The van der Waals surface area contributed by atoms with Gasteiger partial charge < -0.3 is 10.1 Å². The molecule has 1 rings (SSSR count). The number of hydrogen-bond donors (Lipinski definition) is 1. The lowest BCUT2D eigenvalue weighted by Crippen LogP contribution is -2.16. The fourth-order valence-electron chi connectivity index (χ4n) is 1.68. The van der Waals surface area contributed by atoms with Crippen molar-refractivity contribution in [2.24, 2.45) is 0 Å². The highest BCUT2D eigenvalue weighted by Crippen LogP contribution is 2.15. The highest BCUT2D eigenvalue weighted by Gasteiger charge is 1.94. The minimum atomic E-state index is 0.750. The molecule has 0 unspecified atom stereocenters. The van der Waals surface area contributed by atoms with Crippen molar-refractivity contribution >= 4 is 11.6 Å². The summed E-state index contributed by atoms with van der Waals surface area (Å²) in [7, 11) is 0. The van der Waals surface area contributed by atoms with Gasteiger partial charge in [-0.15, -0.1) is 0 Å². The molecular weight excluding hydrogens is 246 g/mol. The molecular formula is C15H24ClNO. The van der Waals surface area contributed by atoms with Crippen LogP contribution in [0, 0.1) is 0 Å². The van der Waals surface area contributed by atoms with Crippen molar-refractivity contribution in [2.45, 2.75) is 39.0 Å². The smallest absolute Gasteiger partial charge is 0.119 e. The van der Waals surface area contributed by atoms with Crippen LogP contribution < -0.4 is 10.1 Å². The third-order valence-electron chi connectivity index (χ3n) is 2.79. The first-order valence-electron chi connectivity index (χ1n) is 6.92. The van der Waals surface area contributed by atoms with Gasteiger partial charge in [0.05, 0.1) is 6.61 Å². The Bertz CT molecular complexity index is 300. The van der Waals surface area contributed by atoms with E-state index in [4.69, 9.17) is 16.3 Å². The molecule has 0 amide bonds. The first-order valence-corrected chi connectivity index (χ1v) is 7.30. The molecule has 0 aliphatic carbocycles. The SMILES string of the molecule is CCCCNCCCCCOc1ccc(Cl)cc1. The Morgan fingerprint density at radius 3 is 2.44 bits per heavy atom. The summed E-state index contributed by atoms with van der Waals surface area (Å²) in [5.41, 5.74) is 0. The Kier molecular flexibility index (Phi) is 8.70. The Hall–Kier alpha value is -0.730. The van der Waals surface area contributed by atoms with E-state index in [0.29, 0.717) is 0 Å². The number of benzene rings is 1. The van der Waals surface area contributed by atoms with Crippen LogP contribution in [0.5, 0.6) is 5.75 Å². The van der Waals surface area contributed by atoms with Crippen molar-refractivity contribution in [1.82, 2.24) is 5.32 Å². The van der Waals surface area contributed by atoms with Gasteiger partial charge in [0.15, 0.2) is 0 Å². The molecule has 0 fully saturated rings. The number of halogens is 1. The van der Waals surface area contributed by atoms with Gasteiger partial charge in [-0.05, 0) is 63.0 Å². The van der Waals surface area contributed by atoms with Gasteiger partial charge in [0.25, 0.3) is 0 Å². The highest BCUT2D eigenvalue weighted by molar-refractivity contribution is 6.30. The summed E-state index contributed by atoms with van der Waals surface area (Å²) in [5, 5.41) is 4.20. The van der Waals surface area contributed by atoms with Gasteiger partial charge >= 0.3 is 0 Å². The summed E-state index contributed by atoms with van der Waals surface area (Å²) in [5.74, 6) is 0.903. The zero-order chi connectivity index (χ0) is 13.1. The van der Waals surface area contributed by atoms with Crippen LogP contribution in [0.1, 0.15) is 39.0 Å². The van der Waals surface area contributed by atoms with Crippen molar-refractivity contribution in [1.29, 1.82) is 0 Å². The molecule has 0 aliphatic rings. The van der Waals surface area contributed by atoms with Crippen LogP contribution in [0.4, 0.5) is 0 Å². The largest absolute Gasteiger partial charge is 0.494 e. The van der Waals surface area contributed by atoms with Gasteiger partial charge in [0, 0.05) is 5.02 Å². The first-order chi connectivity index (χ1) is 8.83. The van der Waals surface area contributed by atoms with Crippen LogP contribution in [0.3, 0.4) is 0 Å². The molecule has 0 bridgehead atoms. The Labute approximate surface area is 116 Å². The van der Waals surface area contributed by atoms with Gasteiger partial charge in [0.1, 0.15) is 5.75 Å². The fraction of sp³-hybridized carbons (Fsp3) is 0.600. The number of nitrogens with one attached hydrogen (secondary N) is 1. The summed E-state index contributed by atoms with van der Waals surface area (Å²) in [6.45, 7) is 5.28. The molecule has 2 nitrogen and oxygen atoms in total. The standard InChI is InChI=1S/C15H24ClNO/c1-2-3-11-17-12-5-4-6-13-18-15-9-7-14(16)8-10-15/h7-10,17H,2-6,11-13H2,1H3. The molecule has 1 N–H and O–H groups in total. The Morgan fingerprint density at radius 2 is 1.72 bits per heavy atom. The van der Waals surface area contributed by atoms with E-state index < -0.39 is 0 Å². The van der Waals surface area contributed by atoms with Gasteiger partial charge in [-0.1, -0.05) is 24.9 Å². The lowest BCUT2D eigenvalue weighted by atomic mass is 10.2. The third-order valence-corrected chi connectivity index (χ3v) is 3.04. The van der Waals surface area contributed by atoms with E-state index in [0.717, 1.165) is 36.9 Å². The number of rotatable bonds is 10. The summed E-state index contributed by atoms with van der Waals surface area (Å²) in [6.07, 6.45) is 6.10. The quantitative estimate of drug-likeness (QED) is 0.640. The second-order valence-corrected chi connectivity index (χ2v) is 4.90. The molecule has 1 aromatic rings. The second kappa shape index (κ2) is 10.2. The average molecular weight is 270 g/mol. The van der Waals surface area contributed by atoms with Gasteiger partial charge in [0.2, 0.25) is 0 Å². The highest BCUT2D eigenvalue weighted by atomic mass is 35.5. The van der Waals surface area contributed by atoms with Crippen LogP contribution in [0.25, 0.3) is 0 Å². The summed E-state index contributed by atoms with van der Waals surface area (Å²) in [6, 6.07) is 7.53. The van der Waals surface area contributed by atoms with E-state index in [1.54, 1.807) is 0 Å². The summed E-state index contributed by atoms with van der Waals surface area (Å²) >= 11 is 5.80. The minimum absolute atomic E-state index is 0.750. The van der Waals surface area contributed by atoms with Crippen molar-refractivity contribution < 1.29 is 4.74 Å². The van der Waals surface area contributed by atoms with E-state index in [1.165, 1.54) is 25.7 Å². The number of ether oxygens (including phenoxy) is 1. The fourth-order valence-corrected chi connectivity index (χ4v) is 1.80. The monoisotopic (exact) mass is 269 g/mol. The average Bonchev–Trinajstić information content (AvgIpc) is 2.39. The number of unbranched alkanes of at least 4 members (excludes halogenated alkanes) is 3. The Morgan fingerprint density at radius 1 is 1.00 bits per heavy atom. The second-order valence-electron chi connectivity index (χ2n) is 4.47. The zero-order valence-corrected chi connectivity index (χ0v) is 12.0. The van der Waals surface area contributed by atoms with E-state index >= 15 is 0 Å². The molecule has 0 saturated carbocycles. The summed E-state index contributed by atoms with van der Waals surface area (Å²) < 4.78 is 5.63. The van der Waals surface area contributed by atoms with Crippen molar-refractivity contribution in [2.75, 3.05) is 19.7 Å². The third kappa shape index (κ3) is 7.57. The molecule has 0 atom stereocenters. The van der Waals surface area contributed by atoms with E-state index in [-0.39, 0.29) is 0 Å². The van der Waals surface area contributed by atoms with E-state index in [1.807, 2.05) is 24.3 Å². The molecule has 18 heavy (non-hydrogen) atoms. The van der Waals surface area contributed by atoms with Crippen molar-refractivity contribution in [3.05, 3.63) is 29.3 Å². The lowest BCUT2D eigenvalue weighted by Gasteiger charge is -2.06. The zero-order valence-electron chi connectivity index (χ0n) is 11.3. The van der Waals surface area contributed by atoms with Crippen molar-refractivity contribution in [3.63, 3.8) is 0 Å². The van der Waals surface area contributed by atoms with Crippen LogP contribution in [0.15, 0.2) is 24.3 Å². The lowest BCUT2D eigenvalue weighted by molar-refractivity contribution is 0.305. The summed E-state index contributed by atoms with van der Waals surface area (Å²) in [4.78, 5) is 0. The maximum absolute atomic E-state index is 5.80. The molecule has 0 spiro atoms. The number of hydrogen-bond acceptors (Lipinski definition) is 2.